The molecule has 0 bridgehead atoms. The van der Waals surface area contributed by atoms with Gasteiger partial charge in [0, 0.05) is 25.1 Å². The Morgan fingerprint density at radius 3 is 2.70 bits per heavy atom. The minimum absolute atomic E-state index is 0.132. The third-order valence-electron chi connectivity index (χ3n) is 3.50. The largest absolute Gasteiger partial charge is 0.466 e. The lowest BCUT2D eigenvalue weighted by atomic mass is 10.2. The minimum atomic E-state index is -4.44. The molecule has 9 heteroatoms. The second-order valence-corrected chi connectivity index (χ2v) is 5.56. The first-order valence-electron chi connectivity index (χ1n) is 7.09. The first kappa shape index (κ1) is 17.2. The maximum Gasteiger partial charge on any atom is 0.406 e. The zero-order valence-electron chi connectivity index (χ0n) is 12.8. The van der Waals surface area contributed by atoms with E-state index >= 15 is 0 Å². The van der Waals surface area contributed by atoms with E-state index in [-0.39, 0.29) is 19.5 Å². The average Bonchev–Trinajstić information content (AvgIpc) is 2.88. The number of likely N-dealkylation sites (tertiary alicyclic amines) is 1. The predicted molar refractivity (Wildman–Crippen MR) is 74.6 cm³/mol. The first-order valence-corrected chi connectivity index (χ1v) is 7.09. The molecular formula is C14H18F3N3O3. The summed E-state index contributed by atoms with van der Waals surface area (Å²) in [5, 5.41) is 5.11. The number of halogens is 3. The maximum atomic E-state index is 12.3. The molecule has 1 aromatic rings. The summed E-state index contributed by atoms with van der Waals surface area (Å²) in [6.45, 7) is 2.36. The van der Waals surface area contributed by atoms with Crippen LogP contribution in [0.15, 0.2) is 10.5 Å². The highest BCUT2D eigenvalue weighted by Gasteiger charge is 2.38. The number of carbonyl (C=O) groups excluding carboxylic acids is 2. The number of hydrogen-bond donors (Lipinski definition) is 2. The average molecular weight is 333 g/mol. The summed E-state index contributed by atoms with van der Waals surface area (Å²) in [6.07, 6.45) is -4.57. The monoisotopic (exact) mass is 333 g/mol. The Hall–Kier alpha value is -2.19. The summed E-state index contributed by atoms with van der Waals surface area (Å²) in [6, 6.07) is 0.631. The number of rotatable bonds is 4. The van der Waals surface area contributed by atoms with Crippen LogP contribution in [0.1, 0.15) is 23.5 Å². The van der Waals surface area contributed by atoms with Crippen LogP contribution in [0.4, 0.5) is 18.0 Å². The van der Waals surface area contributed by atoms with Gasteiger partial charge in [-0.2, -0.15) is 13.2 Å². The molecule has 0 radical (unpaired) electrons. The van der Waals surface area contributed by atoms with E-state index in [0.717, 1.165) is 11.3 Å². The van der Waals surface area contributed by atoms with Crippen LogP contribution < -0.4 is 10.6 Å². The van der Waals surface area contributed by atoms with Crippen LogP contribution in [0.2, 0.25) is 0 Å². The molecule has 2 rings (SSSR count). The van der Waals surface area contributed by atoms with E-state index in [1.165, 1.54) is 0 Å². The van der Waals surface area contributed by atoms with E-state index in [1.807, 2.05) is 0 Å². The van der Waals surface area contributed by atoms with Crippen molar-refractivity contribution >= 4 is 11.9 Å². The van der Waals surface area contributed by atoms with Gasteiger partial charge in [-0.15, -0.1) is 0 Å². The van der Waals surface area contributed by atoms with Gasteiger partial charge >= 0.3 is 12.2 Å². The van der Waals surface area contributed by atoms with E-state index in [0.29, 0.717) is 10.7 Å². The predicted octanol–water partition coefficient (Wildman–Crippen LogP) is 1.86. The zero-order chi connectivity index (χ0) is 17.2. The topological polar surface area (TPSA) is 74.6 Å². The summed E-state index contributed by atoms with van der Waals surface area (Å²) in [5.74, 6) is 0.799. The lowest BCUT2D eigenvalue weighted by Crippen LogP contribution is -2.43. The van der Waals surface area contributed by atoms with Crippen LogP contribution in [0.3, 0.4) is 0 Å². The Kier molecular flexibility index (Phi) is 4.86. The maximum absolute atomic E-state index is 12.3. The van der Waals surface area contributed by atoms with Gasteiger partial charge in [0.2, 0.25) is 5.91 Å². The summed E-state index contributed by atoms with van der Waals surface area (Å²) in [4.78, 5) is 24.0. The molecular weight excluding hydrogens is 315 g/mol. The van der Waals surface area contributed by atoms with Gasteiger partial charge in [0.25, 0.3) is 0 Å². The van der Waals surface area contributed by atoms with Crippen LogP contribution in [-0.2, 0) is 11.3 Å². The fourth-order valence-corrected chi connectivity index (χ4v) is 2.51. The van der Waals surface area contributed by atoms with E-state index in [9.17, 15) is 22.8 Å². The summed E-state index contributed by atoms with van der Waals surface area (Å²) < 4.78 is 42.3. The van der Waals surface area contributed by atoms with Gasteiger partial charge in [-0.05, 0) is 19.9 Å². The molecule has 0 aliphatic carbocycles. The van der Waals surface area contributed by atoms with Crippen molar-refractivity contribution in [3.63, 3.8) is 0 Å². The number of hydrogen-bond acceptors (Lipinski definition) is 3. The SMILES string of the molecule is Cc1cc(CNC(=O)N[C@H]2CC(=O)N(CC(F)(F)F)C2)c(C)o1. The number of aryl methyl sites for hydroxylation is 2. The number of nitrogens with one attached hydrogen (secondary N) is 2. The molecule has 1 aliphatic heterocycles. The van der Waals surface area contributed by atoms with Crippen molar-refractivity contribution < 1.29 is 27.2 Å². The standard InChI is InChI=1S/C14H18F3N3O3/c1-8-3-10(9(2)23-8)5-18-13(22)19-11-4-12(21)20(6-11)7-14(15,16)17/h3,11H,4-7H2,1-2H3,(H2,18,19,22)/t11-/m0/s1. The molecule has 0 unspecified atom stereocenters. The van der Waals surface area contributed by atoms with Crippen molar-refractivity contribution in [1.29, 1.82) is 0 Å². The number of alkyl halides is 3. The molecule has 128 valence electrons. The van der Waals surface area contributed by atoms with Crippen LogP contribution in [0.5, 0.6) is 0 Å². The van der Waals surface area contributed by atoms with Crippen molar-refractivity contribution in [2.24, 2.45) is 0 Å². The Morgan fingerprint density at radius 2 is 2.13 bits per heavy atom. The van der Waals surface area contributed by atoms with E-state index < -0.39 is 30.7 Å². The highest BCUT2D eigenvalue weighted by molar-refractivity contribution is 5.81. The molecule has 0 spiro atoms. The molecule has 2 heterocycles. The van der Waals surface area contributed by atoms with E-state index in [4.69, 9.17) is 4.42 Å². The lowest BCUT2D eigenvalue weighted by Gasteiger charge is -2.18. The van der Waals surface area contributed by atoms with Gasteiger partial charge in [-0.1, -0.05) is 0 Å². The van der Waals surface area contributed by atoms with Gasteiger partial charge < -0.3 is 20.0 Å². The smallest absolute Gasteiger partial charge is 0.406 e. The molecule has 3 amide bonds. The third kappa shape index (κ3) is 4.90. The molecule has 0 saturated carbocycles. The number of amides is 3. The fourth-order valence-electron chi connectivity index (χ4n) is 2.51. The Morgan fingerprint density at radius 1 is 1.43 bits per heavy atom. The molecule has 1 aromatic heterocycles. The van der Waals surface area contributed by atoms with Crippen molar-refractivity contribution in [1.82, 2.24) is 15.5 Å². The number of carbonyl (C=O) groups is 2. The van der Waals surface area contributed by atoms with Crippen LogP contribution in [-0.4, -0.2) is 42.1 Å². The molecule has 0 aromatic carbocycles. The van der Waals surface area contributed by atoms with E-state index in [1.54, 1.807) is 19.9 Å². The molecule has 1 fully saturated rings. The van der Waals surface area contributed by atoms with E-state index in [2.05, 4.69) is 10.6 Å². The summed E-state index contributed by atoms with van der Waals surface area (Å²) >= 11 is 0. The molecule has 23 heavy (non-hydrogen) atoms. The van der Waals surface area contributed by atoms with Crippen LogP contribution in [0.25, 0.3) is 0 Å². The zero-order valence-corrected chi connectivity index (χ0v) is 12.8. The second kappa shape index (κ2) is 6.51. The highest BCUT2D eigenvalue weighted by Crippen LogP contribution is 2.20. The van der Waals surface area contributed by atoms with Crippen molar-refractivity contribution in [2.45, 2.75) is 39.0 Å². The number of nitrogens with zero attached hydrogens (tertiary/aromatic N) is 1. The first-order chi connectivity index (χ1) is 10.6. The van der Waals surface area contributed by atoms with Gasteiger partial charge in [0.1, 0.15) is 18.1 Å². The van der Waals surface area contributed by atoms with Gasteiger partial charge in [0.15, 0.2) is 0 Å². The third-order valence-corrected chi connectivity index (χ3v) is 3.50. The molecule has 6 nitrogen and oxygen atoms in total. The van der Waals surface area contributed by atoms with Crippen LogP contribution >= 0.6 is 0 Å². The Bertz CT molecular complexity index is 598. The molecule has 2 N–H and O–H groups in total. The van der Waals surface area contributed by atoms with Crippen molar-refractivity contribution in [2.75, 3.05) is 13.1 Å². The lowest BCUT2D eigenvalue weighted by molar-refractivity contribution is -0.157. The van der Waals surface area contributed by atoms with Crippen LogP contribution in [0, 0.1) is 13.8 Å². The van der Waals surface area contributed by atoms with Gasteiger partial charge in [-0.25, -0.2) is 4.79 Å². The van der Waals surface area contributed by atoms with Crippen molar-refractivity contribution in [3.05, 3.63) is 23.2 Å². The summed E-state index contributed by atoms with van der Waals surface area (Å²) in [5.41, 5.74) is 0.818. The second-order valence-electron chi connectivity index (χ2n) is 5.56. The minimum Gasteiger partial charge on any atom is -0.466 e. The quantitative estimate of drug-likeness (QED) is 0.883. The normalized spacial score (nSPS) is 18.4. The highest BCUT2D eigenvalue weighted by atomic mass is 19.4. The number of urea groups is 1. The van der Waals surface area contributed by atoms with Gasteiger partial charge in [-0.3, -0.25) is 4.79 Å². The molecule has 1 atom stereocenters. The van der Waals surface area contributed by atoms with Gasteiger partial charge in [0.05, 0.1) is 6.04 Å². The number of furan rings is 1. The Labute approximate surface area is 131 Å². The Balaban J connectivity index is 1.80. The van der Waals surface area contributed by atoms with Crippen molar-refractivity contribution in [3.8, 4) is 0 Å². The molecule has 1 saturated heterocycles. The molecule has 1 aliphatic rings. The fraction of sp³-hybridized carbons (Fsp3) is 0.571. The summed E-state index contributed by atoms with van der Waals surface area (Å²) in [7, 11) is 0.